The molecule has 0 aromatic heterocycles. The number of ether oxygens (including phenoxy) is 1. The monoisotopic (exact) mass is 208 g/mol. The van der Waals surface area contributed by atoms with Crippen molar-refractivity contribution in [1.82, 2.24) is 0 Å². The van der Waals surface area contributed by atoms with Crippen LogP contribution in [0.3, 0.4) is 0 Å². The van der Waals surface area contributed by atoms with Crippen LogP contribution in [0.4, 0.5) is 0 Å². The van der Waals surface area contributed by atoms with Crippen LogP contribution in [-0.4, -0.2) is 24.2 Å². The van der Waals surface area contributed by atoms with Crippen LogP contribution in [-0.2, 0) is 14.3 Å². The average Bonchev–Trinajstić information content (AvgIpc) is 2.18. The molecular formula is C9H8N2O4. The largest absolute Gasteiger partial charge is 0.481 e. The molecule has 0 saturated heterocycles. The summed E-state index contributed by atoms with van der Waals surface area (Å²) in [7, 11) is 1.14. The van der Waals surface area contributed by atoms with E-state index < -0.39 is 18.4 Å². The SMILES string of the molecule is COC(=O)CC(CC(=O)O)=C(C#N)C#N. The van der Waals surface area contributed by atoms with Crippen molar-refractivity contribution >= 4 is 11.9 Å². The Morgan fingerprint density at radius 1 is 1.27 bits per heavy atom. The number of carboxylic acid groups (broad SMARTS) is 1. The Balaban J connectivity index is 4.99. The number of esters is 1. The molecule has 0 aromatic rings. The molecule has 15 heavy (non-hydrogen) atoms. The summed E-state index contributed by atoms with van der Waals surface area (Å²) in [5.74, 6) is -1.90. The molecule has 0 radical (unpaired) electrons. The van der Waals surface area contributed by atoms with Gasteiger partial charge in [-0.3, -0.25) is 9.59 Å². The molecule has 0 fully saturated rings. The quantitative estimate of drug-likeness (QED) is 0.527. The van der Waals surface area contributed by atoms with Gasteiger partial charge in [0, 0.05) is 0 Å². The molecule has 6 nitrogen and oxygen atoms in total. The number of carbonyl (C=O) groups is 2. The van der Waals surface area contributed by atoms with Crippen LogP contribution in [0.25, 0.3) is 0 Å². The summed E-state index contributed by atoms with van der Waals surface area (Å²) in [4.78, 5) is 21.3. The number of hydrogen-bond donors (Lipinski definition) is 1. The van der Waals surface area contributed by atoms with Crippen molar-refractivity contribution in [2.75, 3.05) is 7.11 Å². The zero-order chi connectivity index (χ0) is 11.8. The summed E-state index contributed by atoms with van der Waals surface area (Å²) >= 11 is 0. The fraction of sp³-hybridized carbons (Fsp3) is 0.333. The highest BCUT2D eigenvalue weighted by Gasteiger charge is 2.14. The molecule has 0 aliphatic heterocycles. The molecule has 0 aliphatic rings. The van der Waals surface area contributed by atoms with Crippen molar-refractivity contribution in [2.45, 2.75) is 12.8 Å². The highest BCUT2D eigenvalue weighted by atomic mass is 16.5. The Bertz CT molecular complexity index is 368. The molecule has 0 saturated carbocycles. The summed E-state index contributed by atoms with van der Waals surface area (Å²) < 4.78 is 4.32. The van der Waals surface area contributed by atoms with Gasteiger partial charge in [-0.05, 0) is 5.57 Å². The summed E-state index contributed by atoms with van der Waals surface area (Å²) in [5, 5.41) is 25.5. The zero-order valence-corrected chi connectivity index (χ0v) is 7.98. The molecule has 0 heterocycles. The minimum Gasteiger partial charge on any atom is -0.481 e. The first-order valence-corrected chi connectivity index (χ1v) is 3.86. The molecule has 1 N–H and O–H groups in total. The van der Waals surface area contributed by atoms with Crippen LogP contribution >= 0.6 is 0 Å². The van der Waals surface area contributed by atoms with Gasteiger partial charge in [-0.1, -0.05) is 0 Å². The number of carboxylic acids is 1. The van der Waals surface area contributed by atoms with E-state index in [2.05, 4.69) is 4.74 Å². The second kappa shape index (κ2) is 6.17. The Labute approximate surface area is 86.0 Å². The smallest absolute Gasteiger partial charge is 0.309 e. The first kappa shape index (κ1) is 12.7. The van der Waals surface area contributed by atoms with Gasteiger partial charge in [-0.15, -0.1) is 0 Å². The molecule has 0 atom stereocenters. The van der Waals surface area contributed by atoms with Crippen molar-refractivity contribution in [3.05, 3.63) is 11.1 Å². The maximum absolute atomic E-state index is 10.9. The fourth-order valence-corrected chi connectivity index (χ4v) is 0.851. The number of aliphatic carboxylic acids is 1. The maximum Gasteiger partial charge on any atom is 0.309 e. The fourth-order valence-electron chi connectivity index (χ4n) is 0.851. The van der Waals surface area contributed by atoms with E-state index in [0.29, 0.717) is 0 Å². The van der Waals surface area contributed by atoms with E-state index in [0.717, 1.165) is 7.11 Å². The summed E-state index contributed by atoms with van der Waals surface area (Å²) in [6.45, 7) is 0. The molecule has 0 rings (SSSR count). The van der Waals surface area contributed by atoms with Gasteiger partial charge < -0.3 is 9.84 Å². The molecule has 0 aliphatic carbocycles. The number of nitriles is 2. The summed E-state index contributed by atoms with van der Waals surface area (Å²) in [5.41, 5.74) is -0.401. The van der Waals surface area contributed by atoms with E-state index in [-0.39, 0.29) is 17.6 Å². The van der Waals surface area contributed by atoms with Crippen LogP contribution in [0.15, 0.2) is 11.1 Å². The minimum absolute atomic E-state index is 0.0423. The van der Waals surface area contributed by atoms with E-state index in [1.165, 1.54) is 12.1 Å². The topological polar surface area (TPSA) is 111 Å². The van der Waals surface area contributed by atoms with E-state index in [9.17, 15) is 9.59 Å². The van der Waals surface area contributed by atoms with Gasteiger partial charge in [-0.2, -0.15) is 10.5 Å². The van der Waals surface area contributed by atoms with Gasteiger partial charge >= 0.3 is 11.9 Å². The molecule has 0 amide bonds. The summed E-state index contributed by atoms with van der Waals surface area (Å²) in [6, 6.07) is 3.07. The number of carbonyl (C=O) groups excluding carboxylic acids is 1. The number of allylic oxidation sites excluding steroid dienone is 1. The predicted octanol–water partition coefficient (Wildman–Crippen LogP) is 0.368. The Morgan fingerprint density at radius 2 is 1.80 bits per heavy atom. The third-order valence-electron chi connectivity index (χ3n) is 1.53. The number of hydrogen-bond acceptors (Lipinski definition) is 5. The van der Waals surface area contributed by atoms with Crippen molar-refractivity contribution in [3.63, 3.8) is 0 Å². The summed E-state index contributed by atoms with van der Waals surface area (Å²) in [6.07, 6.45) is -0.884. The van der Waals surface area contributed by atoms with Crippen molar-refractivity contribution in [3.8, 4) is 12.1 Å². The van der Waals surface area contributed by atoms with Crippen molar-refractivity contribution in [2.24, 2.45) is 0 Å². The standard InChI is InChI=1S/C9H8N2O4/c1-15-9(14)3-6(2-8(12)13)7(4-10)5-11/h2-3H2,1H3,(H,12,13). The minimum atomic E-state index is -1.21. The van der Waals surface area contributed by atoms with Gasteiger partial charge in [0.2, 0.25) is 0 Å². The van der Waals surface area contributed by atoms with Crippen molar-refractivity contribution < 1.29 is 19.4 Å². The lowest BCUT2D eigenvalue weighted by Gasteiger charge is -2.02. The van der Waals surface area contributed by atoms with Crippen molar-refractivity contribution in [1.29, 1.82) is 10.5 Å². The number of methoxy groups -OCH3 is 1. The predicted molar refractivity (Wildman–Crippen MR) is 47.1 cm³/mol. The molecular weight excluding hydrogens is 200 g/mol. The van der Waals surface area contributed by atoms with E-state index >= 15 is 0 Å². The maximum atomic E-state index is 10.9. The molecule has 0 spiro atoms. The van der Waals surface area contributed by atoms with Gasteiger partial charge in [0.15, 0.2) is 0 Å². The zero-order valence-electron chi connectivity index (χ0n) is 7.98. The van der Waals surface area contributed by atoms with Gasteiger partial charge in [0.05, 0.1) is 20.0 Å². The van der Waals surface area contributed by atoms with E-state index in [1.807, 2.05) is 0 Å². The number of nitrogens with zero attached hydrogens (tertiary/aromatic N) is 2. The lowest BCUT2D eigenvalue weighted by atomic mass is 10.0. The molecule has 6 heteroatoms. The Hall–Kier alpha value is -2.34. The molecule has 0 bridgehead atoms. The second-order valence-electron chi connectivity index (χ2n) is 2.53. The normalized spacial score (nSPS) is 8.20. The van der Waals surface area contributed by atoms with Crippen LogP contribution in [0, 0.1) is 22.7 Å². The first-order chi connectivity index (χ1) is 7.04. The van der Waals surface area contributed by atoms with Crippen LogP contribution in [0.1, 0.15) is 12.8 Å². The first-order valence-electron chi connectivity index (χ1n) is 3.86. The lowest BCUT2D eigenvalue weighted by Crippen LogP contribution is -2.07. The average molecular weight is 208 g/mol. The molecule has 0 aromatic carbocycles. The molecule has 78 valence electrons. The second-order valence-corrected chi connectivity index (χ2v) is 2.53. The Kier molecular flexibility index (Phi) is 5.20. The van der Waals surface area contributed by atoms with Gasteiger partial charge in [0.25, 0.3) is 0 Å². The van der Waals surface area contributed by atoms with E-state index in [1.54, 1.807) is 0 Å². The lowest BCUT2D eigenvalue weighted by molar-refractivity contribution is -0.139. The highest BCUT2D eigenvalue weighted by Crippen LogP contribution is 2.13. The third-order valence-corrected chi connectivity index (χ3v) is 1.53. The van der Waals surface area contributed by atoms with Gasteiger partial charge in [-0.25, -0.2) is 0 Å². The van der Waals surface area contributed by atoms with Gasteiger partial charge in [0.1, 0.15) is 17.7 Å². The molecule has 0 unspecified atom stereocenters. The third kappa shape index (κ3) is 4.44. The van der Waals surface area contributed by atoms with Crippen LogP contribution in [0.2, 0.25) is 0 Å². The van der Waals surface area contributed by atoms with Crippen LogP contribution in [0.5, 0.6) is 0 Å². The number of rotatable bonds is 4. The highest BCUT2D eigenvalue weighted by molar-refractivity contribution is 5.78. The van der Waals surface area contributed by atoms with Crippen LogP contribution < -0.4 is 0 Å². The Morgan fingerprint density at radius 3 is 2.13 bits per heavy atom. The van der Waals surface area contributed by atoms with E-state index in [4.69, 9.17) is 15.6 Å².